The number of hydrogen-bond donors (Lipinski definition) is 2. The maximum absolute atomic E-state index is 14.6. The molecule has 4 rings (SSSR count). The highest BCUT2D eigenvalue weighted by atomic mass is 19.4. The summed E-state index contributed by atoms with van der Waals surface area (Å²) in [5.41, 5.74) is 1.89. The molecule has 206 valence electrons. The van der Waals surface area contributed by atoms with Gasteiger partial charge in [-0.25, -0.2) is 4.39 Å². The van der Waals surface area contributed by atoms with E-state index in [4.69, 9.17) is 4.74 Å². The fourth-order valence-electron chi connectivity index (χ4n) is 4.18. The molecule has 1 fully saturated rings. The highest BCUT2D eigenvalue weighted by Crippen LogP contribution is 2.30. The number of hydrogen-bond acceptors (Lipinski definition) is 6. The maximum Gasteiger partial charge on any atom is 0.406 e. The second-order valence-corrected chi connectivity index (χ2v) is 8.81. The lowest BCUT2D eigenvalue weighted by molar-refractivity contribution is -0.161. The number of pyridine rings is 1. The average molecular weight is 547 g/mol. The van der Waals surface area contributed by atoms with Crippen molar-refractivity contribution in [2.45, 2.75) is 20.0 Å². The molecule has 1 saturated heterocycles. The molecule has 0 unspecified atom stereocenters. The molecule has 0 saturated carbocycles. The van der Waals surface area contributed by atoms with Crippen LogP contribution in [0.3, 0.4) is 0 Å². The van der Waals surface area contributed by atoms with E-state index >= 15 is 0 Å². The molecule has 1 aromatic carbocycles. The predicted molar refractivity (Wildman–Crippen MR) is 138 cm³/mol. The number of aromatic amines is 1. The molecule has 0 atom stereocenters. The number of benzene rings is 1. The van der Waals surface area contributed by atoms with Gasteiger partial charge in [0.25, 0.3) is 5.91 Å². The van der Waals surface area contributed by atoms with Crippen molar-refractivity contribution in [1.29, 1.82) is 0 Å². The number of amides is 2. The van der Waals surface area contributed by atoms with Gasteiger partial charge in [-0.3, -0.25) is 19.7 Å². The largest absolute Gasteiger partial charge is 0.501 e. The quantitative estimate of drug-likeness (QED) is 0.254. The van der Waals surface area contributed by atoms with E-state index in [0.717, 1.165) is 4.90 Å². The van der Waals surface area contributed by atoms with E-state index in [1.807, 2.05) is 0 Å². The number of carbonyl (C=O) groups excluding carboxylic acids is 2. The van der Waals surface area contributed by atoms with Crippen molar-refractivity contribution < 1.29 is 31.9 Å². The molecule has 9 nitrogen and oxygen atoms in total. The molecule has 1 aliphatic heterocycles. The zero-order chi connectivity index (χ0) is 28.3. The third kappa shape index (κ3) is 6.19. The molecule has 2 N–H and O–H groups in total. The summed E-state index contributed by atoms with van der Waals surface area (Å²) in [6.45, 7) is 1.88. The second kappa shape index (κ2) is 11.1. The van der Waals surface area contributed by atoms with Crippen LogP contribution in [0.4, 0.5) is 29.1 Å². The Labute approximate surface area is 221 Å². The zero-order valence-corrected chi connectivity index (χ0v) is 21.4. The van der Waals surface area contributed by atoms with Crippen molar-refractivity contribution in [1.82, 2.24) is 20.1 Å². The number of rotatable bonds is 7. The third-order valence-electron chi connectivity index (χ3n) is 6.27. The van der Waals surface area contributed by atoms with Crippen LogP contribution in [0, 0.1) is 0 Å². The Hall–Kier alpha value is -4.42. The number of halogens is 4. The first kappa shape index (κ1) is 27.6. The summed E-state index contributed by atoms with van der Waals surface area (Å²) in [4.78, 5) is 31.8. The molecule has 2 aromatic heterocycles. The van der Waals surface area contributed by atoms with Crippen LogP contribution >= 0.6 is 0 Å². The number of methoxy groups -OCH3 is 1. The number of fused-ring (bicyclic) bond motifs is 1. The van der Waals surface area contributed by atoms with E-state index in [-0.39, 0.29) is 31.0 Å². The van der Waals surface area contributed by atoms with Crippen LogP contribution in [0.15, 0.2) is 54.2 Å². The van der Waals surface area contributed by atoms with Gasteiger partial charge in [0.2, 0.25) is 5.91 Å². The summed E-state index contributed by atoms with van der Waals surface area (Å²) in [5.74, 6) is -1.06. The lowest BCUT2D eigenvalue weighted by atomic mass is 10.1. The van der Waals surface area contributed by atoms with Gasteiger partial charge in [0.15, 0.2) is 5.82 Å². The van der Waals surface area contributed by atoms with E-state index in [1.165, 1.54) is 19.4 Å². The van der Waals surface area contributed by atoms with Crippen LogP contribution < -0.4 is 10.2 Å². The molecule has 3 heterocycles. The lowest BCUT2D eigenvalue weighted by Crippen LogP contribution is -2.52. The number of H-pyrrole nitrogens is 1. The van der Waals surface area contributed by atoms with E-state index in [0.29, 0.717) is 33.6 Å². The monoisotopic (exact) mass is 546 g/mol. The summed E-state index contributed by atoms with van der Waals surface area (Å²) in [5, 5.41) is 10.1. The van der Waals surface area contributed by atoms with Crippen molar-refractivity contribution in [3.05, 3.63) is 65.4 Å². The SMILES string of the molecule is C/C=C(F)\C(=C(/C)OC)c1cc2c(NC(=O)c3ccc(N4CCN(CC(F)(F)F)C(=O)C4)cc3)n[nH]c2cn1. The minimum absolute atomic E-state index is 0.0532. The Morgan fingerprint density at radius 1 is 1.23 bits per heavy atom. The molecule has 3 aromatic rings. The molecular formula is C26H26F4N6O3. The van der Waals surface area contributed by atoms with Gasteiger partial charge in [-0.2, -0.15) is 18.3 Å². The summed E-state index contributed by atoms with van der Waals surface area (Å²) >= 11 is 0. The number of aromatic nitrogens is 3. The molecule has 0 aliphatic carbocycles. The van der Waals surface area contributed by atoms with Gasteiger partial charge in [0.1, 0.15) is 18.1 Å². The standard InChI is InChI=1S/C26H26F4N6O3/c1-4-19(27)23(15(2)39-3)20-11-18-21(12-31-20)33-34-24(18)32-25(38)16-5-7-17(8-6-16)35-9-10-36(22(37)13-35)14-26(28,29)30/h4-8,11-12H,9-10,13-14H2,1-3H3,(H2,32,33,34,38)/b19-4+,23-15-. The van der Waals surface area contributed by atoms with E-state index in [9.17, 15) is 27.2 Å². The highest BCUT2D eigenvalue weighted by molar-refractivity contribution is 6.08. The van der Waals surface area contributed by atoms with Crippen molar-refractivity contribution >= 4 is 39.8 Å². The van der Waals surface area contributed by atoms with Crippen molar-refractivity contribution in [3.8, 4) is 0 Å². The number of piperazine rings is 1. The van der Waals surface area contributed by atoms with E-state index in [1.54, 1.807) is 49.1 Å². The average Bonchev–Trinajstić information content (AvgIpc) is 3.30. The van der Waals surface area contributed by atoms with Gasteiger partial charge in [-0.1, -0.05) is 6.08 Å². The Bertz CT molecular complexity index is 1450. The van der Waals surface area contributed by atoms with Gasteiger partial charge < -0.3 is 19.9 Å². The van der Waals surface area contributed by atoms with Crippen LogP contribution in [0.25, 0.3) is 16.5 Å². The van der Waals surface area contributed by atoms with Crippen molar-refractivity contribution in [3.63, 3.8) is 0 Å². The number of carbonyl (C=O) groups is 2. The van der Waals surface area contributed by atoms with Gasteiger partial charge in [0, 0.05) is 29.7 Å². The van der Waals surface area contributed by atoms with Crippen LogP contribution in [-0.4, -0.2) is 71.4 Å². The van der Waals surface area contributed by atoms with Gasteiger partial charge >= 0.3 is 6.18 Å². The number of allylic oxidation sites excluding steroid dienone is 4. The summed E-state index contributed by atoms with van der Waals surface area (Å²) in [6, 6.07) is 7.92. The van der Waals surface area contributed by atoms with E-state index < -0.39 is 30.4 Å². The predicted octanol–water partition coefficient (Wildman–Crippen LogP) is 4.67. The Morgan fingerprint density at radius 2 is 1.95 bits per heavy atom. The van der Waals surface area contributed by atoms with Crippen molar-refractivity contribution in [2.24, 2.45) is 0 Å². The van der Waals surface area contributed by atoms with E-state index in [2.05, 4.69) is 20.5 Å². The molecule has 13 heteroatoms. The fraction of sp³-hybridized carbons (Fsp3) is 0.308. The molecule has 0 spiro atoms. The number of nitrogens with zero attached hydrogens (tertiary/aromatic N) is 4. The normalized spacial score (nSPS) is 15.5. The summed E-state index contributed by atoms with van der Waals surface area (Å²) in [6.07, 6.45) is -1.68. The van der Waals surface area contributed by atoms with Crippen LogP contribution in [0.1, 0.15) is 29.9 Å². The van der Waals surface area contributed by atoms with Gasteiger partial charge in [-0.05, 0) is 44.2 Å². The fourth-order valence-corrected chi connectivity index (χ4v) is 4.18. The Morgan fingerprint density at radius 3 is 2.56 bits per heavy atom. The highest BCUT2D eigenvalue weighted by Gasteiger charge is 2.35. The first-order valence-corrected chi connectivity index (χ1v) is 11.9. The Kier molecular flexibility index (Phi) is 7.88. The number of anilines is 2. The van der Waals surface area contributed by atoms with Gasteiger partial charge in [0.05, 0.1) is 36.6 Å². The van der Waals surface area contributed by atoms with Crippen molar-refractivity contribution in [2.75, 3.05) is 43.5 Å². The topological polar surface area (TPSA) is 103 Å². The zero-order valence-electron chi connectivity index (χ0n) is 21.4. The minimum atomic E-state index is -4.45. The minimum Gasteiger partial charge on any atom is -0.501 e. The smallest absolute Gasteiger partial charge is 0.406 e. The summed E-state index contributed by atoms with van der Waals surface area (Å²) < 4.78 is 57.7. The number of ether oxygens (including phenoxy) is 1. The Balaban J connectivity index is 1.49. The number of alkyl halides is 3. The molecule has 0 bridgehead atoms. The van der Waals surface area contributed by atoms with Crippen LogP contribution in [0.5, 0.6) is 0 Å². The lowest BCUT2D eigenvalue weighted by Gasteiger charge is -2.35. The third-order valence-corrected chi connectivity index (χ3v) is 6.27. The molecular weight excluding hydrogens is 520 g/mol. The maximum atomic E-state index is 14.6. The first-order valence-electron chi connectivity index (χ1n) is 11.9. The van der Waals surface area contributed by atoms with Crippen LogP contribution in [-0.2, 0) is 9.53 Å². The first-order chi connectivity index (χ1) is 18.5. The second-order valence-electron chi connectivity index (χ2n) is 8.81. The summed E-state index contributed by atoms with van der Waals surface area (Å²) in [7, 11) is 1.43. The number of nitrogens with one attached hydrogen (secondary N) is 2. The molecule has 1 aliphatic rings. The van der Waals surface area contributed by atoms with Crippen LogP contribution in [0.2, 0.25) is 0 Å². The van der Waals surface area contributed by atoms with Gasteiger partial charge in [-0.15, -0.1) is 0 Å². The molecule has 39 heavy (non-hydrogen) atoms. The molecule has 0 radical (unpaired) electrons. The molecule has 2 amide bonds.